The van der Waals surface area contributed by atoms with Crippen LogP contribution >= 0.6 is 24.0 Å². The molecule has 0 aromatic heterocycles. The predicted octanol–water partition coefficient (Wildman–Crippen LogP) is 2.30. The Bertz CT molecular complexity index is 668. The number of nitrogens with zero attached hydrogens (tertiary/aromatic N) is 2. The molecule has 2 saturated heterocycles. The number of hydrogen-bond donors (Lipinski definition) is 2. The van der Waals surface area contributed by atoms with Crippen LogP contribution in [0.3, 0.4) is 0 Å². The van der Waals surface area contributed by atoms with Crippen molar-refractivity contribution in [2.45, 2.75) is 25.7 Å². The van der Waals surface area contributed by atoms with Gasteiger partial charge >= 0.3 is 0 Å². The Labute approximate surface area is 203 Å². The van der Waals surface area contributed by atoms with E-state index in [1.54, 1.807) is 7.05 Å². The first kappa shape index (κ1) is 25.9. The third kappa shape index (κ3) is 9.33. The van der Waals surface area contributed by atoms with Crippen LogP contribution in [0.4, 0.5) is 0 Å². The van der Waals surface area contributed by atoms with E-state index in [9.17, 15) is 4.79 Å². The van der Waals surface area contributed by atoms with Gasteiger partial charge in [-0.05, 0) is 24.8 Å². The molecule has 2 fully saturated rings. The van der Waals surface area contributed by atoms with Crippen LogP contribution in [0.5, 0.6) is 0 Å². The quantitative estimate of drug-likeness (QED) is 0.194. The van der Waals surface area contributed by atoms with Gasteiger partial charge in [0.1, 0.15) is 0 Å². The Morgan fingerprint density at radius 2 is 2.10 bits per heavy atom. The lowest BCUT2D eigenvalue weighted by molar-refractivity contribution is -0.127. The number of rotatable bonds is 11. The van der Waals surface area contributed by atoms with E-state index in [-0.39, 0.29) is 29.9 Å². The molecule has 2 heterocycles. The summed E-state index contributed by atoms with van der Waals surface area (Å²) in [7, 11) is 1.78. The molecule has 8 heteroatoms. The van der Waals surface area contributed by atoms with Gasteiger partial charge in [-0.3, -0.25) is 9.79 Å². The molecule has 1 aromatic rings. The van der Waals surface area contributed by atoms with Crippen LogP contribution in [-0.2, 0) is 20.7 Å². The van der Waals surface area contributed by atoms with Crippen molar-refractivity contribution in [2.75, 3.05) is 59.7 Å². The molecule has 174 valence electrons. The van der Waals surface area contributed by atoms with Crippen molar-refractivity contribution in [3.63, 3.8) is 0 Å². The second-order valence-electron chi connectivity index (χ2n) is 8.18. The number of ether oxygens (including phenoxy) is 2. The van der Waals surface area contributed by atoms with Crippen LogP contribution in [0.1, 0.15) is 24.8 Å². The van der Waals surface area contributed by atoms with Crippen LogP contribution in [0.25, 0.3) is 0 Å². The molecule has 0 spiro atoms. The minimum absolute atomic E-state index is 0. The fraction of sp³-hybridized carbons (Fsp3) is 0.652. The zero-order valence-electron chi connectivity index (χ0n) is 18.6. The zero-order valence-corrected chi connectivity index (χ0v) is 20.9. The van der Waals surface area contributed by atoms with Crippen molar-refractivity contribution in [3.05, 3.63) is 35.9 Å². The average molecular weight is 544 g/mol. The van der Waals surface area contributed by atoms with Crippen LogP contribution in [0.15, 0.2) is 35.3 Å². The van der Waals surface area contributed by atoms with Gasteiger partial charge in [0.15, 0.2) is 5.96 Å². The molecule has 7 nitrogen and oxygen atoms in total. The highest BCUT2D eigenvalue weighted by molar-refractivity contribution is 14.0. The molecule has 2 N–H and O–H groups in total. The molecule has 0 bridgehead atoms. The van der Waals surface area contributed by atoms with Crippen molar-refractivity contribution in [3.8, 4) is 0 Å². The van der Waals surface area contributed by atoms with Gasteiger partial charge in [-0.15, -0.1) is 24.0 Å². The van der Waals surface area contributed by atoms with Crippen LogP contribution in [-0.4, -0.2) is 76.4 Å². The fourth-order valence-electron chi connectivity index (χ4n) is 3.92. The van der Waals surface area contributed by atoms with Gasteiger partial charge < -0.3 is 25.0 Å². The number of carbonyl (C=O) groups excluding carboxylic acids is 1. The SMILES string of the molecule is CN=C(NCCCOCC1CCOC1)NCC1CC(=O)N(CCc2ccccc2)C1.I. The van der Waals surface area contributed by atoms with Gasteiger partial charge in [-0.1, -0.05) is 30.3 Å². The number of benzene rings is 1. The summed E-state index contributed by atoms with van der Waals surface area (Å²) in [5.74, 6) is 1.93. The Hall–Kier alpha value is -1.39. The molecule has 2 aliphatic rings. The first-order chi connectivity index (χ1) is 14.7. The van der Waals surface area contributed by atoms with E-state index in [2.05, 4.69) is 27.8 Å². The lowest BCUT2D eigenvalue weighted by Crippen LogP contribution is -2.40. The predicted molar refractivity (Wildman–Crippen MR) is 134 cm³/mol. The maximum absolute atomic E-state index is 12.3. The van der Waals surface area contributed by atoms with Gasteiger partial charge in [-0.2, -0.15) is 0 Å². The number of carbonyl (C=O) groups is 1. The zero-order chi connectivity index (χ0) is 21.0. The van der Waals surface area contributed by atoms with Crippen molar-refractivity contribution >= 4 is 35.8 Å². The molecule has 0 aliphatic carbocycles. The molecule has 1 aromatic carbocycles. The third-order valence-corrected chi connectivity index (χ3v) is 5.73. The van der Waals surface area contributed by atoms with E-state index in [0.29, 0.717) is 18.3 Å². The highest BCUT2D eigenvalue weighted by Gasteiger charge is 2.29. The Morgan fingerprint density at radius 1 is 1.26 bits per heavy atom. The molecule has 2 aliphatic heterocycles. The number of hydrogen-bond acceptors (Lipinski definition) is 4. The molecule has 31 heavy (non-hydrogen) atoms. The van der Waals surface area contributed by atoms with E-state index in [0.717, 1.165) is 77.8 Å². The smallest absolute Gasteiger partial charge is 0.223 e. The highest BCUT2D eigenvalue weighted by Crippen LogP contribution is 2.17. The van der Waals surface area contributed by atoms with E-state index >= 15 is 0 Å². The summed E-state index contributed by atoms with van der Waals surface area (Å²) in [6.07, 6.45) is 3.56. The first-order valence-corrected chi connectivity index (χ1v) is 11.2. The van der Waals surface area contributed by atoms with Gasteiger partial charge in [0.25, 0.3) is 0 Å². The van der Waals surface area contributed by atoms with E-state index in [1.165, 1.54) is 5.56 Å². The van der Waals surface area contributed by atoms with Gasteiger partial charge in [0.05, 0.1) is 13.2 Å². The Kier molecular flexibility index (Phi) is 12.2. The molecular weight excluding hydrogens is 507 g/mol. The number of likely N-dealkylation sites (tertiary alicyclic amines) is 1. The maximum Gasteiger partial charge on any atom is 0.223 e. The van der Waals surface area contributed by atoms with Gasteiger partial charge in [-0.25, -0.2) is 0 Å². The number of guanidine groups is 1. The summed E-state index contributed by atoms with van der Waals surface area (Å²) in [6, 6.07) is 10.3. The number of halogens is 1. The second kappa shape index (κ2) is 14.6. The summed E-state index contributed by atoms with van der Waals surface area (Å²) >= 11 is 0. The second-order valence-corrected chi connectivity index (χ2v) is 8.18. The topological polar surface area (TPSA) is 75.2 Å². The van der Waals surface area contributed by atoms with Crippen molar-refractivity contribution < 1.29 is 14.3 Å². The van der Waals surface area contributed by atoms with Gasteiger partial charge in [0.2, 0.25) is 5.91 Å². The van der Waals surface area contributed by atoms with E-state index < -0.39 is 0 Å². The molecule has 1 amide bonds. The molecule has 0 saturated carbocycles. The number of amides is 1. The minimum atomic E-state index is 0. The highest BCUT2D eigenvalue weighted by atomic mass is 127. The van der Waals surface area contributed by atoms with Crippen LogP contribution in [0.2, 0.25) is 0 Å². The number of nitrogens with one attached hydrogen (secondary N) is 2. The molecule has 2 unspecified atom stereocenters. The number of aliphatic imine (C=N–C) groups is 1. The minimum Gasteiger partial charge on any atom is -0.381 e. The Balaban J connectivity index is 0.00000341. The lowest BCUT2D eigenvalue weighted by atomic mass is 10.1. The maximum atomic E-state index is 12.3. The van der Waals surface area contributed by atoms with Crippen LogP contribution in [0, 0.1) is 11.8 Å². The summed E-state index contributed by atoms with van der Waals surface area (Å²) in [4.78, 5) is 18.6. The van der Waals surface area contributed by atoms with Crippen molar-refractivity contribution in [2.24, 2.45) is 16.8 Å². The molecule has 3 rings (SSSR count). The average Bonchev–Trinajstić information content (AvgIpc) is 3.41. The lowest BCUT2D eigenvalue weighted by Gasteiger charge is -2.18. The monoisotopic (exact) mass is 544 g/mol. The van der Waals surface area contributed by atoms with E-state index in [1.807, 2.05) is 23.1 Å². The van der Waals surface area contributed by atoms with Crippen molar-refractivity contribution in [1.29, 1.82) is 0 Å². The van der Waals surface area contributed by atoms with Crippen molar-refractivity contribution in [1.82, 2.24) is 15.5 Å². The summed E-state index contributed by atoms with van der Waals surface area (Å²) in [5, 5.41) is 6.69. The summed E-state index contributed by atoms with van der Waals surface area (Å²) in [5.41, 5.74) is 1.28. The summed E-state index contributed by atoms with van der Waals surface area (Å²) < 4.78 is 11.1. The largest absolute Gasteiger partial charge is 0.381 e. The molecule has 0 radical (unpaired) electrons. The molecule has 2 atom stereocenters. The fourth-order valence-corrected chi connectivity index (χ4v) is 3.92. The van der Waals surface area contributed by atoms with Crippen LogP contribution < -0.4 is 10.6 Å². The normalized spacial score (nSPS) is 21.3. The third-order valence-electron chi connectivity index (χ3n) is 5.73. The first-order valence-electron chi connectivity index (χ1n) is 11.2. The molecular formula is C23H37IN4O3. The van der Waals surface area contributed by atoms with E-state index in [4.69, 9.17) is 9.47 Å². The van der Waals surface area contributed by atoms with Gasteiger partial charge in [0, 0.05) is 64.7 Å². The Morgan fingerprint density at radius 3 is 2.84 bits per heavy atom. The standard InChI is InChI=1S/C23H36N4O3.HI/c1-24-23(25-10-5-12-29-17-20-9-13-30-18-20)26-15-21-14-22(28)27(16-21)11-8-19-6-3-2-4-7-19;/h2-4,6-7,20-21H,5,8-18H2,1H3,(H2,24,25,26);1H. The summed E-state index contributed by atoms with van der Waals surface area (Å²) in [6.45, 7) is 6.42.